The van der Waals surface area contributed by atoms with Crippen LogP contribution in [0, 0.1) is 0 Å². The lowest BCUT2D eigenvalue weighted by atomic mass is 10.0. The molecule has 0 saturated carbocycles. The molecule has 16 heavy (non-hydrogen) atoms. The normalized spacial score (nSPS) is 17.3. The third kappa shape index (κ3) is 3.59. The number of imide groups is 1. The van der Waals surface area contributed by atoms with Gasteiger partial charge in [-0.3, -0.25) is 14.4 Å². The summed E-state index contributed by atoms with van der Waals surface area (Å²) < 4.78 is 0. The van der Waals surface area contributed by atoms with Crippen LogP contribution in [-0.4, -0.2) is 22.5 Å². The molecule has 0 N–H and O–H groups in total. The van der Waals surface area contributed by atoms with Crippen molar-refractivity contribution in [2.75, 3.05) is 0 Å². The van der Waals surface area contributed by atoms with Gasteiger partial charge in [-0.25, -0.2) is 0 Å². The Bertz CT molecular complexity index is 257. The molecule has 0 bridgehead atoms. The zero-order chi connectivity index (χ0) is 12.2. The first-order valence-corrected chi connectivity index (χ1v) is 6.01. The lowest BCUT2D eigenvalue weighted by Gasteiger charge is -2.28. The first-order valence-electron chi connectivity index (χ1n) is 6.01. The highest BCUT2D eigenvalue weighted by Crippen LogP contribution is 2.23. The molecule has 1 saturated heterocycles. The Hall–Kier alpha value is -0.900. The minimum absolute atomic E-state index is 0.214. The minimum atomic E-state index is -0.440. The molecular weight excluding hydrogens is 206 g/mol. The summed E-state index contributed by atoms with van der Waals surface area (Å²) in [6, 6.07) is 0. The maximum atomic E-state index is 11.4. The van der Waals surface area contributed by atoms with Gasteiger partial charge in [0.2, 0.25) is 0 Å². The maximum absolute atomic E-state index is 11.4. The largest absolute Gasteiger partial charge is 0.272 e. The van der Waals surface area contributed by atoms with E-state index in [0.29, 0.717) is 0 Å². The van der Waals surface area contributed by atoms with Crippen molar-refractivity contribution in [2.45, 2.75) is 64.9 Å². The standard InChI is InChI=1S/C12H21NO3/c1-4-5-6-9-12(2,3)16-13-10(14)7-8-11(13)15/h4-9H2,1-3H3. The second kappa shape index (κ2) is 5.43. The van der Waals surface area contributed by atoms with Crippen LogP contribution in [0.5, 0.6) is 0 Å². The number of hydrogen-bond donors (Lipinski definition) is 0. The van der Waals surface area contributed by atoms with Crippen LogP contribution in [0.2, 0.25) is 0 Å². The highest BCUT2D eigenvalue weighted by atomic mass is 16.7. The van der Waals surface area contributed by atoms with Crippen molar-refractivity contribution in [2.24, 2.45) is 0 Å². The summed E-state index contributed by atoms with van der Waals surface area (Å²) in [6.07, 6.45) is 4.78. The van der Waals surface area contributed by atoms with Crippen LogP contribution in [-0.2, 0) is 14.4 Å². The summed E-state index contributed by atoms with van der Waals surface area (Å²) in [5.41, 5.74) is -0.440. The summed E-state index contributed by atoms with van der Waals surface area (Å²) in [4.78, 5) is 28.2. The Morgan fingerprint density at radius 2 is 1.75 bits per heavy atom. The number of rotatable bonds is 6. The van der Waals surface area contributed by atoms with Crippen molar-refractivity contribution >= 4 is 11.8 Å². The van der Waals surface area contributed by atoms with Crippen LogP contribution < -0.4 is 0 Å². The fourth-order valence-electron chi connectivity index (χ4n) is 1.75. The van der Waals surface area contributed by atoms with Crippen molar-refractivity contribution in [1.82, 2.24) is 5.06 Å². The molecule has 0 aromatic heterocycles. The smallest absolute Gasteiger partial charge is 0.254 e. The van der Waals surface area contributed by atoms with Gasteiger partial charge in [0.25, 0.3) is 11.8 Å². The van der Waals surface area contributed by atoms with Gasteiger partial charge in [0, 0.05) is 12.8 Å². The molecule has 0 spiro atoms. The first-order chi connectivity index (χ1) is 7.46. The second-order valence-electron chi connectivity index (χ2n) is 4.89. The topological polar surface area (TPSA) is 46.6 Å². The van der Waals surface area contributed by atoms with E-state index in [2.05, 4.69) is 6.92 Å². The summed E-state index contributed by atoms with van der Waals surface area (Å²) in [5.74, 6) is -0.429. The Balaban J connectivity index is 2.44. The first kappa shape index (κ1) is 13.2. The van der Waals surface area contributed by atoms with E-state index < -0.39 is 5.60 Å². The molecule has 4 heteroatoms. The van der Waals surface area contributed by atoms with Crippen LogP contribution in [0.25, 0.3) is 0 Å². The quantitative estimate of drug-likeness (QED) is 0.517. The van der Waals surface area contributed by atoms with Crippen LogP contribution in [0.1, 0.15) is 59.3 Å². The molecule has 1 heterocycles. The highest BCUT2D eigenvalue weighted by Gasteiger charge is 2.34. The molecule has 1 aliphatic rings. The fraction of sp³-hybridized carbons (Fsp3) is 0.833. The van der Waals surface area contributed by atoms with Gasteiger partial charge >= 0.3 is 0 Å². The summed E-state index contributed by atoms with van der Waals surface area (Å²) >= 11 is 0. The van der Waals surface area contributed by atoms with Crippen LogP contribution in [0.15, 0.2) is 0 Å². The average molecular weight is 227 g/mol. The van der Waals surface area contributed by atoms with Gasteiger partial charge in [-0.05, 0) is 20.3 Å². The monoisotopic (exact) mass is 227 g/mol. The van der Waals surface area contributed by atoms with Crippen LogP contribution in [0.4, 0.5) is 0 Å². The third-order valence-corrected chi connectivity index (χ3v) is 2.73. The third-order valence-electron chi connectivity index (χ3n) is 2.73. The number of hydroxylamine groups is 2. The summed E-state index contributed by atoms with van der Waals surface area (Å²) in [7, 11) is 0. The number of carbonyl (C=O) groups is 2. The van der Waals surface area contributed by atoms with Gasteiger partial charge in [0.05, 0.1) is 5.60 Å². The molecule has 0 aliphatic carbocycles. The Morgan fingerprint density at radius 3 is 2.25 bits per heavy atom. The van der Waals surface area contributed by atoms with E-state index in [1.807, 2.05) is 13.8 Å². The van der Waals surface area contributed by atoms with Gasteiger partial charge in [0.15, 0.2) is 0 Å². The predicted octanol–water partition coefficient (Wildman–Crippen LogP) is 2.43. The lowest BCUT2D eigenvalue weighted by Crippen LogP contribution is -2.39. The van der Waals surface area contributed by atoms with E-state index in [1.165, 1.54) is 0 Å². The lowest BCUT2D eigenvalue weighted by molar-refractivity contribution is -0.224. The average Bonchev–Trinajstić information content (AvgIpc) is 2.49. The molecular formula is C12H21NO3. The van der Waals surface area contributed by atoms with Gasteiger partial charge < -0.3 is 0 Å². The van der Waals surface area contributed by atoms with Gasteiger partial charge in [-0.2, -0.15) is 5.06 Å². The number of unbranched alkanes of at least 4 members (excludes halogenated alkanes) is 2. The molecule has 92 valence electrons. The minimum Gasteiger partial charge on any atom is -0.272 e. The van der Waals surface area contributed by atoms with Gasteiger partial charge in [0.1, 0.15) is 0 Å². The van der Waals surface area contributed by atoms with E-state index in [9.17, 15) is 9.59 Å². The van der Waals surface area contributed by atoms with Crippen molar-refractivity contribution < 1.29 is 14.4 Å². The zero-order valence-corrected chi connectivity index (χ0v) is 10.4. The number of nitrogens with zero attached hydrogens (tertiary/aromatic N) is 1. The Morgan fingerprint density at radius 1 is 1.19 bits per heavy atom. The van der Waals surface area contributed by atoms with Crippen LogP contribution >= 0.6 is 0 Å². The Labute approximate surface area is 96.9 Å². The van der Waals surface area contributed by atoms with Gasteiger partial charge in [-0.15, -0.1) is 0 Å². The molecule has 4 nitrogen and oxygen atoms in total. The fourth-order valence-corrected chi connectivity index (χ4v) is 1.75. The highest BCUT2D eigenvalue weighted by molar-refractivity contribution is 6.00. The van der Waals surface area contributed by atoms with Gasteiger partial charge in [-0.1, -0.05) is 26.2 Å². The van der Waals surface area contributed by atoms with Crippen molar-refractivity contribution in [3.05, 3.63) is 0 Å². The molecule has 0 atom stereocenters. The molecule has 0 aromatic rings. The van der Waals surface area contributed by atoms with E-state index in [0.717, 1.165) is 30.7 Å². The molecule has 1 aliphatic heterocycles. The second-order valence-corrected chi connectivity index (χ2v) is 4.89. The summed E-state index contributed by atoms with van der Waals surface area (Å²) in [6.45, 7) is 5.98. The van der Waals surface area contributed by atoms with Crippen molar-refractivity contribution in [3.8, 4) is 0 Å². The number of carbonyl (C=O) groups excluding carboxylic acids is 2. The zero-order valence-electron chi connectivity index (χ0n) is 10.4. The molecule has 1 rings (SSSR count). The Kier molecular flexibility index (Phi) is 4.47. The summed E-state index contributed by atoms with van der Waals surface area (Å²) in [5, 5.41) is 0.950. The van der Waals surface area contributed by atoms with Crippen LogP contribution in [0.3, 0.4) is 0 Å². The van der Waals surface area contributed by atoms with E-state index in [-0.39, 0.29) is 24.7 Å². The molecule has 0 aromatic carbocycles. The SMILES string of the molecule is CCCCCC(C)(C)ON1C(=O)CCC1=O. The molecule has 0 radical (unpaired) electrons. The van der Waals surface area contributed by atoms with Crippen molar-refractivity contribution in [1.29, 1.82) is 0 Å². The number of hydrogen-bond acceptors (Lipinski definition) is 3. The maximum Gasteiger partial charge on any atom is 0.254 e. The van der Waals surface area contributed by atoms with E-state index in [4.69, 9.17) is 4.84 Å². The molecule has 0 unspecified atom stereocenters. The number of amides is 2. The van der Waals surface area contributed by atoms with E-state index >= 15 is 0 Å². The molecule has 1 fully saturated rings. The van der Waals surface area contributed by atoms with E-state index in [1.54, 1.807) is 0 Å². The van der Waals surface area contributed by atoms with Crippen molar-refractivity contribution in [3.63, 3.8) is 0 Å². The predicted molar refractivity (Wildman–Crippen MR) is 60.4 cm³/mol. The molecule has 2 amide bonds.